The van der Waals surface area contributed by atoms with Crippen LogP contribution in [0.4, 0.5) is 11.4 Å². The summed E-state index contributed by atoms with van der Waals surface area (Å²) in [6.07, 6.45) is 2.62. The number of anilines is 1. The van der Waals surface area contributed by atoms with E-state index in [0.717, 1.165) is 24.3 Å². The van der Waals surface area contributed by atoms with Crippen LogP contribution in [0.2, 0.25) is 0 Å². The van der Waals surface area contributed by atoms with Crippen LogP contribution >= 0.6 is 0 Å². The highest BCUT2D eigenvalue weighted by atomic mass is 16.6. The summed E-state index contributed by atoms with van der Waals surface area (Å²) in [4.78, 5) is 10.1. The second-order valence-electron chi connectivity index (χ2n) is 3.93. The van der Waals surface area contributed by atoms with Crippen LogP contribution in [0.3, 0.4) is 0 Å². The maximum Gasteiger partial charge on any atom is 0.269 e. The lowest BCUT2D eigenvalue weighted by Gasteiger charge is -2.06. The van der Waals surface area contributed by atoms with Gasteiger partial charge in [-0.2, -0.15) is 5.10 Å². The summed E-state index contributed by atoms with van der Waals surface area (Å²) in [6, 6.07) is 8.37. The van der Waals surface area contributed by atoms with E-state index in [0.29, 0.717) is 0 Å². The zero-order valence-electron chi connectivity index (χ0n) is 10.0. The Morgan fingerprint density at radius 3 is 2.61 bits per heavy atom. The van der Waals surface area contributed by atoms with Gasteiger partial charge in [-0.1, -0.05) is 0 Å². The molecule has 0 spiro atoms. The summed E-state index contributed by atoms with van der Waals surface area (Å²) in [5.74, 6) is 0. The number of non-ortho nitro benzene ring substituents is 1. The van der Waals surface area contributed by atoms with Crippen molar-refractivity contribution in [2.24, 2.45) is 7.05 Å². The van der Waals surface area contributed by atoms with Gasteiger partial charge in [-0.25, -0.2) is 0 Å². The van der Waals surface area contributed by atoms with Gasteiger partial charge < -0.3 is 5.32 Å². The maximum absolute atomic E-state index is 10.5. The molecule has 0 unspecified atom stereocenters. The number of nitrogens with one attached hydrogen (secondary N) is 1. The predicted molar refractivity (Wildman–Crippen MR) is 68.5 cm³/mol. The van der Waals surface area contributed by atoms with Gasteiger partial charge in [0.05, 0.1) is 4.92 Å². The third kappa shape index (κ3) is 2.85. The molecule has 2 aromatic rings. The van der Waals surface area contributed by atoms with Crippen molar-refractivity contribution >= 4 is 11.4 Å². The van der Waals surface area contributed by atoms with Crippen LogP contribution < -0.4 is 5.32 Å². The first kappa shape index (κ1) is 12.1. The number of rotatable bonds is 5. The Morgan fingerprint density at radius 2 is 2.06 bits per heavy atom. The van der Waals surface area contributed by atoms with E-state index in [1.807, 2.05) is 17.8 Å². The van der Waals surface area contributed by atoms with Gasteiger partial charge in [0.1, 0.15) is 0 Å². The molecule has 0 saturated heterocycles. The number of aryl methyl sites for hydroxylation is 1. The molecule has 1 aromatic heterocycles. The van der Waals surface area contributed by atoms with Crippen molar-refractivity contribution < 1.29 is 4.92 Å². The van der Waals surface area contributed by atoms with Crippen molar-refractivity contribution in [1.82, 2.24) is 9.78 Å². The second kappa shape index (κ2) is 5.31. The Hall–Kier alpha value is -2.37. The third-order valence-electron chi connectivity index (χ3n) is 2.71. The molecule has 18 heavy (non-hydrogen) atoms. The summed E-state index contributed by atoms with van der Waals surface area (Å²) in [6.45, 7) is 0.761. The van der Waals surface area contributed by atoms with Crippen molar-refractivity contribution in [2.75, 3.05) is 11.9 Å². The van der Waals surface area contributed by atoms with E-state index in [9.17, 15) is 10.1 Å². The fraction of sp³-hybridized carbons (Fsp3) is 0.250. The van der Waals surface area contributed by atoms with Crippen LogP contribution in [0, 0.1) is 10.1 Å². The lowest BCUT2D eigenvalue weighted by atomic mass is 10.2. The highest BCUT2D eigenvalue weighted by molar-refractivity contribution is 5.48. The fourth-order valence-corrected chi connectivity index (χ4v) is 1.68. The maximum atomic E-state index is 10.5. The first-order chi connectivity index (χ1) is 8.66. The Balaban J connectivity index is 1.87. The Kier molecular flexibility index (Phi) is 3.57. The molecule has 0 radical (unpaired) electrons. The van der Waals surface area contributed by atoms with E-state index in [2.05, 4.69) is 10.4 Å². The van der Waals surface area contributed by atoms with Crippen LogP contribution in [0.25, 0.3) is 0 Å². The molecule has 0 amide bonds. The van der Waals surface area contributed by atoms with E-state index in [-0.39, 0.29) is 5.69 Å². The van der Waals surface area contributed by atoms with E-state index in [4.69, 9.17) is 0 Å². The van der Waals surface area contributed by atoms with Gasteiger partial charge in [0.15, 0.2) is 0 Å². The van der Waals surface area contributed by atoms with Crippen molar-refractivity contribution in [2.45, 2.75) is 6.42 Å². The van der Waals surface area contributed by atoms with Crippen LogP contribution in [0.1, 0.15) is 5.69 Å². The van der Waals surface area contributed by atoms with Gasteiger partial charge in [0.2, 0.25) is 0 Å². The molecular weight excluding hydrogens is 232 g/mol. The van der Waals surface area contributed by atoms with Gasteiger partial charge in [0, 0.05) is 49.7 Å². The molecule has 2 rings (SSSR count). The zero-order valence-corrected chi connectivity index (χ0v) is 10.0. The zero-order chi connectivity index (χ0) is 13.0. The summed E-state index contributed by atoms with van der Waals surface area (Å²) >= 11 is 0. The molecule has 0 saturated carbocycles. The van der Waals surface area contributed by atoms with Crippen LogP contribution in [0.5, 0.6) is 0 Å². The normalized spacial score (nSPS) is 10.3. The molecule has 0 aliphatic carbocycles. The SMILES string of the molecule is Cn1nccc1CCNc1ccc([N+](=O)[O-])cc1. The Bertz CT molecular complexity index is 533. The first-order valence-corrected chi connectivity index (χ1v) is 5.62. The standard InChI is InChI=1S/C12H14N4O2/c1-15-11(7-9-14-15)6-8-13-10-2-4-12(5-3-10)16(17)18/h2-5,7,9,13H,6,8H2,1H3. The van der Waals surface area contributed by atoms with Gasteiger partial charge in [0.25, 0.3) is 5.69 Å². The Morgan fingerprint density at radius 1 is 1.33 bits per heavy atom. The molecule has 0 fully saturated rings. The van der Waals surface area contributed by atoms with Gasteiger partial charge in [-0.15, -0.1) is 0 Å². The number of nitro benzene ring substituents is 1. The van der Waals surface area contributed by atoms with E-state index in [1.165, 1.54) is 12.1 Å². The Labute approximate surface area is 104 Å². The number of hydrogen-bond donors (Lipinski definition) is 1. The lowest BCUT2D eigenvalue weighted by molar-refractivity contribution is -0.384. The molecule has 0 bridgehead atoms. The summed E-state index contributed by atoms with van der Waals surface area (Å²) < 4.78 is 1.83. The largest absolute Gasteiger partial charge is 0.385 e. The number of hydrogen-bond acceptors (Lipinski definition) is 4. The number of benzene rings is 1. The average molecular weight is 246 g/mol. The summed E-state index contributed by atoms with van der Waals surface area (Å²) in [5, 5.41) is 17.8. The summed E-state index contributed by atoms with van der Waals surface area (Å²) in [5.41, 5.74) is 2.12. The first-order valence-electron chi connectivity index (χ1n) is 5.62. The minimum absolute atomic E-state index is 0.104. The third-order valence-corrected chi connectivity index (χ3v) is 2.71. The molecule has 94 valence electrons. The minimum Gasteiger partial charge on any atom is -0.385 e. The van der Waals surface area contributed by atoms with Gasteiger partial charge >= 0.3 is 0 Å². The monoisotopic (exact) mass is 246 g/mol. The smallest absolute Gasteiger partial charge is 0.269 e. The van der Waals surface area contributed by atoms with Crippen LogP contribution in [-0.4, -0.2) is 21.2 Å². The molecule has 1 heterocycles. The molecule has 0 atom stereocenters. The van der Waals surface area contributed by atoms with Crippen molar-refractivity contribution in [1.29, 1.82) is 0 Å². The number of aromatic nitrogens is 2. The lowest BCUT2D eigenvalue weighted by Crippen LogP contribution is -2.08. The molecule has 0 aliphatic rings. The van der Waals surface area contributed by atoms with Gasteiger partial charge in [-0.05, 0) is 18.2 Å². The molecule has 6 heteroatoms. The second-order valence-corrected chi connectivity index (χ2v) is 3.93. The highest BCUT2D eigenvalue weighted by Crippen LogP contribution is 2.15. The van der Waals surface area contributed by atoms with E-state index in [1.54, 1.807) is 18.3 Å². The predicted octanol–water partition coefficient (Wildman–Crippen LogP) is 1.98. The molecule has 1 aromatic carbocycles. The molecule has 0 aliphatic heterocycles. The van der Waals surface area contributed by atoms with E-state index < -0.39 is 4.92 Å². The van der Waals surface area contributed by atoms with E-state index >= 15 is 0 Å². The highest BCUT2D eigenvalue weighted by Gasteiger charge is 2.03. The van der Waals surface area contributed by atoms with Crippen molar-refractivity contribution in [3.63, 3.8) is 0 Å². The van der Waals surface area contributed by atoms with Crippen molar-refractivity contribution in [3.05, 3.63) is 52.3 Å². The molecular formula is C12H14N4O2. The fourth-order valence-electron chi connectivity index (χ4n) is 1.68. The average Bonchev–Trinajstić information content (AvgIpc) is 2.76. The quantitative estimate of drug-likeness (QED) is 0.646. The number of nitrogens with zero attached hydrogens (tertiary/aromatic N) is 3. The minimum atomic E-state index is -0.403. The molecule has 1 N–H and O–H groups in total. The van der Waals surface area contributed by atoms with Crippen molar-refractivity contribution in [3.8, 4) is 0 Å². The topological polar surface area (TPSA) is 73.0 Å². The summed E-state index contributed by atoms with van der Waals surface area (Å²) in [7, 11) is 1.90. The number of nitro groups is 1. The van der Waals surface area contributed by atoms with Gasteiger partial charge in [-0.3, -0.25) is 14.8 Å². The van der Waals surface area contributed by atoms with Crippen LogP contribution in [-0.2, 0) is 13.5 Å². The van der Waals surface area contributed by atoms with Crippen LogP contribution in [0.15, 0.2) is 36.5 Å². The molecule has 6 nitrogen and oxygen atoms in total.